The lowest BCUT2D eigenvalue weighted by Crippen LogP contribution is -2.13. The number of para-hydroxylation sites is 1. The van der Waals surface area contributed by atoms with Crippen LogP contribution >= 0.6 is 11.3 Å². The van der Waals surface area contributed by atoms with Crippen LogP contribution in [0.1, 0.15) is 10.4 Å². The van der Waals surface area contributed by atoms with E-state index in [0.29, 0.717) is 6.61 Å². The van der Waals surface area contributed by atoms with E-state index in [0.717, 1.165) is 30.2 Å². The number of hydrogen-bond donors (Lipinski definition) is 1. The van der Waals surface area contributed by atoms with Crippen LogP contribution in [0, 0.1) is 0 Å². The molecule has 0 saturated carbocycles. The van der Waals surface area contributed by atoms with E-state index in [9.17, 15) is 0 Å². The number of ether oxygens (including phenoxy) is 2. The van der Waals surface area contributed by atoms with Gasteiger partial charge in [0, 0.05) is 23.5 Å². The van der Waals surface area contributed by atoms with Crippen molar-refractivity contribution < 1.29 is 9.47 Å². The lowest BCUT2D eigenvalue weighted by molar-refractivity contribution is 0.322. The van der Waals surface area contributed by atoms with E-state index < -0.39 is 0 Å². The van der Waals surface area contributed by atoms with E-state index in [1.807, 2.05) is 18.2 Å². The third-order valence-electron chi connectivity index (χ3n) is 2.82. The Labute approximate surface area is 123 Å². The Morgan fingerprint density at radius 1 is 1.25 bits per heavy atom. The van der Waals surface area contributed by atoms with E-state index in [1.165, 1.54) is 4.88 Å². The smallest absolute Gasteiger partial charge is 0.166 e. The number of methoxy groups -OCH3 is 1. The highest BCUT2D eigenvalue weighted by Gasteiger charge is 2.09. The summed E-state index contributed by atoms with van der Waals surface area (Å²) in [6.07, 6.45) is 1.73. The Bertz CT molecular complexity index is 537. The first-order valence-electron chi connectivity index (χ1n) is 6.48. The van der Waals surface area contributed by atoms with Gasteiger partial charge in [-0.3, -0.25) is 0 Å². The van der Waals surface area contributed by atoms with Gasteiger partial charge in [0.1, 0.15) is 6.61 Å². The highest BCUT2D eigenvalue weighted by Crippen LogP contribution is 2.31. The van der Waals surface area contributed by atoms with Crippen molar-refractivity contribution in [2.75, 3.05) is 13.7 Å². The molecule has 3 nitrogen and oxygen atoms in total. The summed E-state index contributed by atoms with van der Waals surface area (Å²) in [4.78, 5) is 1.32. The monoisotopic (exact) mass is 289 g/mol. The Morgan fingerprint density at radius 3 is 2.85 bits per heavy atom. The number of hydrogen-bond acceptors (Lipinski definition) is 4. The molecule has 106 valence electrons. The van der Waals surface area contributed by atoms with Crippen LogP contribution in [0.5, 0.6) is 11.5 Å². The highest BCUT2D eigenvalue weighted by atomic mass is 32.1. The summed E-state index contributed by atoms with van der Waals surface area (Å²) in [5, 5.41) is 5.51. The van der Waals surface area contributed by atoms with Gasteiger partial charge in [-0.2, -0.15) is 0 Å². The zero-order chi connectivity index (χ0) is 14.2. The lowest BCUT2D eigenvalue weighted by atomic mass is 10.2. The van der Waals surface area contributed by atoms with Gasteiger partial charge in [0.25, 0.3) is 0 Å². The predicted molar refractivity (Wildman–Crippen MR) is 83.5 cm³/mol. The van der Waals surface area contributed by atoms with E-state index in [1.54, 1.807) is 24.5 Å². The SMILES string of the molecule is C=CCOc1c(CNCc2cccs2)cccc1OC. The minimum Gasteiger partial charge on any atom is -0.493 e. The number of rotatable bonds is 8. The fraction of sp³-hybridized carbons (Fsp3) is 0.250. The van der Waals surface area contributed by atoms with Gasteiger partial charge in [0.2, 0.25) is 0 Å². The summed E-state index contributed by atoms with van der Waals surface area (Å²) in [7, 11) is 1.65. The summed E-state index contributed by atoms with van der Waals surface area (Å²) >= 11 is 1.75. The molecule has 1 aromatic carbocycles. The van der Waals surface area contributed by atoms with E-state index >= 15 is 0 Å². The van der Waals surface area contributed by atoms with Crippen LogP contribution in [-0.2, 0) is 13.1 Å². The Balaban J connectivity index is 2.03. The molecule has 0 spiro atoms. The van der Waals surface area contributed by atoms with Gasteiger partial charge in [0.05, 0.1) is 7.11 Å². The largest absolute Gasteiger partial charge is 0.493 e. The molecule has 20 heavy (non-hydrogen) atoms. The van der Waals surface area contributed by atoms with Crippen LogP contribution in [0.15, 0.2) is 48.4 Å². The molecule has 4 heteroatoms. The van der Waals surface area contributed by atoms with Gasteiger partial charge in [-0.15, -0.1) is 11.3 Å². The van der Waals surface area contributed by atoms with Crippen molar-refractivity contribution in [3.05, 3.63) is 58.8 Å². The van der Waals surface area contributed by atoms with Crippen LogP contribution in [0.3, 0.4) is 0 Å². The molecule has 0 aliphatic carbocycles. The van der Waals surface area contributed by atoms with E-state index in [-0.39, 0.29) is 0 Å². The van der Waals surface area contributed by atoms with Crippen LogP contribution in [0.2, 0.25) is 0 Å². The first-order valence-corrected chi connectivity index (χ1v) is 7.35. The quantitative estimate of drug-likeness (QED) is 0.753. The van der Waals surface area contributed by atoms with Crippen molar-refractivity contribution in [3.8, 4) is 11.5 Å². The maximum atomic E-state index is 5.72. The minimum absolute atomic E-state index is 0.471. The zero-order valence-electron chi connectivity index (χ0n) is 11.6. The molecule has 2 aromatic rings. The second-order valence-electron chi connectivity index (χ2n) is 4.23. The Hall–Kier alpha value is -1.78. The fourth-order valence-corrected chi connectivity index (χ4v) is 2.58. The van der Waals surface area contributed by atoms with Gasteiger partial charge >= 0.3 is 0 Å². The number of benzene rings is 1. The summed E-state index contributed by atoms with van der Waals surface area (Å²) < 4.78 is 11.1. The molecule has 1 aromatic heterocycles. The molecule has 0 fully saturated rings. The van der Waals surface area contributed by atoms with Gasteiger partial charge in [0.15, 0.2) is 11.5 Å². The molecule has 0 bridgehead atoms. The predicted octanol–water partition coefficient (Wildman–Crippen LogP) is 3.61. The maximum absolute atomic E-state index is 5.72. The third-order valence-corrected chi connectivity index (χ3v) is 3.70. The fourth-order valence-electron chi connectivity index (χ4n) is 1.90. The summed E-state index contributed by atoms with van der Waals surface area (Å²) in [5.41, 5.74) is 1.09. The summed E-state index contributed by atoms with van der Waals surface area (Å²) in [5.74, 6) is 1.54. The topological polar surface area (TPSA) is 30.5 Å². The normalized spacial score (nSPS) is 10.2. The van der Waals surface area contributed by atoms with Crippen LogP contribution in [0.25, 0.3) is 0 Å². The summed E-state index contributed by atoms with van der Waals surface area (Å²) in [6, 6.07) is 10.1. The highest BCUT2D eigenvalue weighted by molar-refractivity contribution is 7.09. The maximum Gasteiger partial charge on any atom is 0.166 e. The second kappa shape index (κ2) is 7.72. The number of nitrogens with one attached hydrogen (secondary N) is 1. The zero-order valence-corrected chi connectivity index (χ0v) is 12.4. The van der Waals surface area contributed by atoms with Crippen LogP contribution in [-0.4, -0.2) is 13.7 Å². The molecule has 0 radical (unpaired) electrons. The standard InChI is InChI=1S/C16H19NO2S/c1-3-9-19-16-13(6-4-8-15(16)18-2)11-17-12-14-7-5-10-20-14/h3-8,10,17H,1,9,11-12H2,2H3. The lowest BCUT2D eigenvalue weighted by Gasteiger charge is -2.14. The van der Waals surface area contributed by atoms with Gasteiger partial charge < -0.3 is 14.8 Å². The molecular weight excluding hydrogens is 270 g/mol. The van der Waals surface area contributed by atoms with E-state index in [4.69, 9.17) is 9.47 Å². The second-order valence-corrected chi connectivity index (χ2v) is 5.26. The van der Waals surface area contributed by atoms with Gasteiger partial charge in [-0.1, -0.05) is 30.9 Å². The average molecular weight is 289 g/mol. The first-order chi connectivity index (χ1) is 9.85. The molecule has 0 atom stereocenters. The van der Waals surface area contributed by atoms with Crippen molar-refractivity contribution in [1.82, 2.24) is 5.32 Å². The molecule has 0 aliphatic rings. The van der Waals surface area contributed by atoms with Crippen molar-refractivity contribution in [1.29, 1.82) is 0 Å². The third kappa shape index (κ3) is 3.85. The molecule has 2 rings (SSSR count). The average Bonchev–Trinajstić information content (AvgIpc) is 2.98. The minimum atomic E-state index is 0.471. The Kier molecular flexibility index (Phi) is 5.65. The molecule has 0 aliphatic heterocycles. The van der Waals surface area contributed by atoms with Crippen molar-refractivity contribution >= 4 is 11.3 Å². The van der Waals surface area contributed by atoms with Gasteiger partial charge in [-0.05, 0) is 17.5 Å². The van der Waals surface area contributed by atoms with Crippen molar-refractivity contribution in [3.63, 3.8) is 0 Å². The molecule has 1 N–H and O–H groups in total. The molecule has 0 amide bonds. The Morgan fingerprint density at radius 2 is 2.15 bits per heavy atom. The van der Waals surface area contributed by atoms with Gasteiger partial charge in [-0.25, -0.2) is 0 Å². The summed E-state index contributed by atoms with van der Waals surface area (Å²) in [6.45, 7) is 5.74. The molecule has 0 unspecified atom stereocenters. The molecule has 1 heterocycles. The molecular formula is C16H19NO2S. The van der Waals surface area contributed by atoms with Crippen molar-refractivity contribution in [2.24, 2.45) is 0 Å². The van der Waals surface area contributed by atoms with Crippen LogP contribution in [0.4, 0.5) is 0 Å². The first kappa shape index (κ1) is 14.6. The molecule has 0 saturated heterocycles. The number of thiophene rings is 1. The van der Waals surface area contributed by atoms with E-state index in [2.05, 4.69) is 29.4 Å². The van der Waals surface area contributed by atoms with Crippen molar-refractivity contribution in [2.45, 2.75) is 13.1 Å². The van der Waals surface area contributed by atoms with Crippen LogP contribution < -0.4 is 14.8 Å².